The van der Waals surface area contributed by atoms with Crippen LogP contribution in [0.2, 0.25) is 5.02 Å². The van der Waals surface area contributed by atoms with E-state index in [4.69, 9.17) is 11.6 Å². The van der Waals surface area contributed by atoms with Gasteiger partial charge in [0.15, 0.2) is 0 Å². The number of nitrogens with zero attached hydrogens (tertiary/aromatic N) is 2. The number of anilines is 1. The summed E-state index contributed by atoms with van der Waals surface area (Å²) in [6, 6.07) is 6.17. The van der Waals surface area contributed by atoms with Crippen molar-refractivity contribution in [3.8, 4) is 0 Å². The smallest absolute Gasteiger partial charge is 0.0898 e. The fourth-order valence-corrected chi connectivity index (χ4v) is 2.77. The zero-order valence-electron chi connectivity index (χ0n) is 11.4. The van der Waals surface area contributed by atoms with Crippen LogP contribution < -0.4 is 10.2 Å². The fraction of sp³-hybridized carbons (Fsp3) is 0.357. The first-order valence-electron chi connectivity index (χ1n) is 6.15. The average Bonchev–Trinajstić information content (AvgIpc) is 2.77. The molecule has 0 spiro atoms. The van der Waals surface area contributed by atoms with Gasteiger partial charge in [0, 0.05) is 29.7 Å². The molecule has 3 nitrogen and oxygen atoms in total. The predicted octanol–water partition coefficient (Wildman–Crippen LogP) is 3.46. The maximum absolute atomic E-state index is 6.28. The van der Waals surface area contributed by atoms with Crippen molar-refractivity contribution in [2.75, 3.05) is 19.0 Å². The number of nitrogens with one attached hydrogen (secondary N) is 1. The lowest BCUT2D eigenvalue weighted by Crippen LogP contribution is -2.17. The lowest BCUT2D eigenvalue weighted by Gasteiger charge is -2.19. The minimum absolute atomic E-state index is 0.786. The van der Waals surface area contributed by atoms with E-state index in [9.17, 15) is 0 Å². The summed E-state index contributed by atoms with van der Waals surface area (Å²) in [6.07, 6.45) is 0. The quantitative estimate of drug-likeness (QED) is 0.915. The van der Waals surface area contributed by atoms with Gasteiger partial charge in [0.05, 0.1) is 17.2 Å². The van der Waals surface area contributed by atoms with Gasteiger partial charge in [-0.25, -0.2) is 4.98 Å². The molecule has 0 fully saturated rings. The first-order valence-corrected chi connectivity index (χ1v) is 7.41. The van der Waals surface area contributed by atoms with Crippen LogP contribution in [0.5, 0.6) is 0 Å². The number of thiazole rings is 1. The molecule has 1 heterocycles. The number of hydrogen-bond acceptors (Lipinski definition) is 4. The van der Waals surface area contributed by atoms with Crippen LogP contribution in [0.25, 0.3) is 0 Å². The Labute approximate surface area is 123 Å². The van der Waals surface area contributed by atoms with Crippen molar-refractivity contribution in [3.05, 3.63) is 44.9 Å². The normalized spacial score (nSPS) is 10.7. The van der Waals surface area contributed by atoms with Gasteiger partial charge >= 0.3 is 0 Å². The van der Waals surface area contributed by atoms with Crippen molar-refractivity contribution in [2.24, 2.45) is 0 Å². The van der Waals surface area contributed by atoms with E-state index in [2.05, 4.69) is 39.8 Å². The molecule has 19 heavy (non-hydrogen) atoms. The van der Waals surface area contributed by atoms with Crippen molar-refractivity contribution in [1.82, 2.24) is 10.3 Å². The van der Waals surface area contributed by atoms with Crippen LogP contribution in [-0.4, -0.2) is 19.1 Å². The van der Waals surface area contributed by atoms with E-state index in [1.54, 1.807) is 11.3 Å². The molecular weight excluding hydrogens is 278 g/mol. The molecular formula is C14H18ClN3S. The number of benzene rings is 1. The molecule has 0 aliphatic heterocycles. The molecule has 0 saturated heterocycles. The van der Waals surface area contributed by atoms with Crippen LogP contribution in [0.3, 0.4) is 0 Å². The van der Waals surface area contributed by atoms with E-state index in [1.165, 1.54) is 0 Å². The Kier molecular flexibility index (Phi) is 4.80. The van der Waals surface area contributed by atoms with E-state index in [0.717, 1.165) is 40.1 Å². The molecule has 5 heteroatoms. The maximum Gasteiger partial charge on any atom is 0.0898 e. The van der Waals surface area contributed by atoms with Crippen LogP contribution in [0.1, 0.15) is 16.3 Å². The molecule has 0 radical (unpaired) electrons. The Hall–Kier alpha value is -1.10. The monoisotopic (exact) mass is 295 g/mol. The van der Waals surface area contributed by atoms with Crippen molar-refractivity contribution >= 4 is 28.6 Å². The first-order chi connectivity index (χ1) is 9.10. The van der Waals surface area contributed by atoms with Crippen molar-refractivity contribution in [2.45, 2.75) is 20.0 Å². The topological polar surface area (TPSA) is 28.2 Å². The van der Waals surface area contributed by atoms with Gasteiger partial charge in [-0.1, -0.05) is 17.7 Å². The lowest BCUT2D eigenvalue weighted by molar-refractivity contribution is 0.817. The maximum atomic E-state index is 6.28. The van der Waals surface area contributed by atoms with Crippen molar-refractivity contribution < 1.29 is 0 Å². The Morgan fingerprint density at radius 3 is 2.79 bits per heavy atom. The van der Waals surface area contributed by atoms with E-state index in [-0.39, 0.29) is 0 Å². The second-order valence-electron chi connectivity index (χ2n) is 4.52. The SMILES string of the molecule is CNCc1ccc(N(C)Cc2csc(C)n2)cc1Cl. The Balaban J connectivity index is 2.10. The van der Waals surface area contributed by atoms with E-state index in [1.807, 2.05) is 20.0 Å². The zero-order chi connectivity index (χ0) is 13.8. The largest absolute Gasteiger partial charge is 0.369 e. The highest BCUT2D eigenvalue weighted by atomic mass is 35.5. The summed E-state index contributed by atoms with van der Waals surface area (Å²) in [6.45, 7) is 3.61. The molecule has 0 amide bonds. The minimum Gasteiger partial charge on any atom is -0.369 e. The summed E-state index contributed by atoms with van der Waals surface area (Å²) in [7, 11) is 3.97. The van der Waals surface area contributed by atoms with Gasteiger partial charge in [-0.2, -0.15) is 0 Å². The van der Waals surface area contributed by atoms with Gasteiger partial charge in [0.25, 0.3) is 0 Å². The lowest BCUT2D eigenvalue weighted by atomic mass is 10.2. The standard InChI is InChI=1S/C14H18ClN3S/c1-10-17-12(9-19-10)8-18(3)13-5-4-11(7-16-2)14(15)6-13/h4-6,9,16H,7-8H2,1-3H3. The summed E-state index contributed by atoms with van der Waals surface area (Å²) in [5.74, 6) is 0. The van der Waals surface area contributed by atoms with Gasteiger partial charge in [0.2, 0.25) is 0 Å². The van der Waals surface area contributed by atoms with Crippen LogP contribution in [-0.2, 0) is 13.1 Å². The van der Waals surface area contributed by atoms with Crippen LogP contribution in [0.15, 0.2) is 23.6 Å². The van der Waals surface area contributed by atoms with Gasteiger partial charge in [-0.15, -0.1) is 11.3 Å². The molecule has 0 saturated carbocycles. The second-order valence-corrected chi connectivity index (χ2v) is 5.99. The molecule has 1 aromatic carbocycles. The van der Waals surface area contributed by atoms with E-state index in [0.29, 0.717) is 0 Å². The van der Waals surface area contributed by atoms with Crippen LogP contribution in [0.4, 0.5) is 5.69 Å². The van der Waals surface area contributed by atoms with Crippen molar-refractivity contribution in [3.63, 3.8) is 0 Å². The number of hydrogen-bond donors (Lipinski definition) is 1. The summed E-state index contributed by atoms with van der Waals surface area (Å²) in [4.78, 5) is 6.64. The number of rotatable bonds is 5. The fourth-order valence-electron chi connectivity index (χ4n) is 1.92. The highest BCUT2D eigenvalue weighted by molar-refractivity contribution is 7.09. The molecule has 102 valence electrons. The number of aromatic nitrogens is 1. The predicted molar refractivity (Wildman–Crippen MR) is 83.2 cm³/mol. The van der Waals surface area contributed by atoms with Crippen molar-refractivity contribution in [1.29, 1.82) is 0 Å². The van der Waals surface area contributed by atoms with Crippen LogP contribution in [0, 0.1) is 6.92 Å². The third-order valence-corrected chi connectivity index (χ3v) is 4.08. The molecule has 2 rings (SSSR count). The number of aryl methyl sites for hydroxylation is 1. The Morgan fingerprint density at radius 1 is 1.42 bits per heavy atom. The van der Waals surface area contributed by atoms with Crippen LogP contribution >= 0.6 is 22.9 Å². The van der Waals surface area contributed by atoms with E-state index < -0.39 is 0 Å². The minimum atomic E-state index is 0.786. The summed E-state index contributed by atoms with van der Waals surface area (Å²) in [5, 5.41) is 7.11. The molecule has 2 aromatic rings. The molecule has 0 bridgehead atoms. The number of halogens is 1. The Morgan fingerprint density at radius 2 is 2.21 bits per heavy atom. The molecule has 0 aliphatic rings. The molecule has 0 aliphatic carbocycles. The third kappa shape index (κ3) is 3.69. The van der Waals surface area contributed by atoms with Gasteiger partial charge < -0.3 is 10.2 Å². The second kappa shape index (κ2) is 6.37. The highest BCUT2D eigenvalue weighted by Gasteiger charge is 2.07. The highest BCUT2D eigenvalue weighted by Crippen LogP contribution is 2.24. The van der Waals surface area contributed by atoms with Gasteiger partial charge in [0.1, 0.15) is 0 Å². The Bertz CT molecular complexity index is 553. The van der Waals surface area contributed by atoms with Gasteiger partial charge in [-0.3, -0.25) is 0 Å². The summed E-state index contributed by atoms with van der Waals surface area (Å²) < 4.78 is 0. The molecule has 0 atom stereocenters. The summed E-state index contributed by atoms with van der Waals surface area (Å²) >= 11 is 7.96. The molecule has 1 aromatic heterocycles. The molecule has 0 unspecified atom stereocenters. The van der Waals surface area contributed by atoms with Gasteiger partial charge in [-0.05, 0) is 31.7 Å². The average molecular weight is 296 g/mol. The molecule has 1 N–H and O–H groups in total. The first kappa shape index (κ1) is 14.3. The zero-order valence-corrected chi connectivity index (χ0v) is 13.0. The summed E-state index contributed by atoms with van der Waals surface area (Å²) in [5.41, 5.74) is 3.32. The van der Waals surface area contributed by atoms with E-state index >= 15 is 0 Å². The third-order valence-electron chi connectivity index (χ3n) is 2.91.